The Bertz CT molecular complexity index is 1470. The van der Waals surface area contributed by atoms with E-state index in [2.05, 4.69) is 48.9 Å². The molecule has 1 unspecified atom stereocenters. The average molecular weight is 632 g/mol. The fourth-order valence-electron chi connectivity index (χ4n) is 6.12. The van der Waals surface area contributed by atoms with Crippen molar-refractivity contribution in [1.82, 2.24) is 35.0 Å². The zero-order valence-electron chi connectivity index (χ0n) is 26.0. The number of carbonyl (C=O) groups is 2. The third-order valence-electron chi connectivity index (χ3n) is 8.61. The quantitative estimate of drug-likeness (QED) is 0.298. The first-order valence-corrected chi connectivity index (χ1v) is 15.8. The normalized spacial score (nSPS) is 19.3. The number of carbonyl (C=O) groups excluding carboxylic acids is 2. The molecule has 2 N–H and O–H groups in total. The zero-order valence-corrected chi connectivity index (χ0v) is 26.8. The number of urea groups is 1. The molecule has 0 bridgehead atoms. The summed E-state index contributed by atoms with van der Waals surface area (Å²) in [5, 5.41) is 6.40. The van der Waals surface area contributed by atoms with Gasteiger partial charge >= 0.3 is 6.03 Å². The number of halogens is 1. The maximum atomic E-state index is 12.8. The van der Waals surface area contributed by atoms with Crippen LogP contribution in [0.4, 0.5) is 10.5 Å². The Morgan fingerprint density at radius 3 is 2.49 bits per heavy atom. The van der Waals surface area contributed by atoms with Crippen LogP contribution in [0.15, 0.2) is 72.6 Å². The second-order valence-electron chi connectivity index (χ2n) is 11.8. The molecule has 3 aliphatic heterocycles. The molecule has 1 aromatic carbocycles. The van der Waals surface area contributed by atoms with E-state index in [1.165, 1.54) is 0 Å². The van der Waals surface area contributed by atoms with Crippen molar-refractivity contribution in [3.63, 3.8) is 0 Å². The Labute approximate surface area is 270 Å². The second-order valence-corrected chi connectivity index (χ2v) is 12.2. The van der Waals surface area contributed by atoms with Gasteiger partial charge in [-0.05, 0) is 31.2 Å². The molecule has 3 aromatic rings. The number of aromatic nitrogens is 3. The molecule has 6 rings (SSSR count). The van der Waals surface area contributed by atoms with E-state index in [1.54, 1.807) is 30.5 Å². The standard InChI is InChI=1S/C27H36ClN9O2.C6H6/c1-4-34-13-8-30-24(34)23(29-3)35-11-6-27(7-12-35)18-37(26(39)33-27)14-9-31-25(38)22-21(28)15-20(16-32-22)36-10-5-19(2)17-36;1-2-4-6-5-3-1/h4,8,13,15-16,19H,1,5-7,9-12,14,17-18H2,2-3H3,(H,31,38)(H,33,39);1-6H. The number of benzene rings is 1. The van der Waals surface area contributed by atoms with E-state index in [4.69, 9.17) is 11.6 Å². The van der Waals surface area contributed by atoms with Gasteiger partial charge in [-0.2, -0.15) is 0 Å². The molecule has 238 valence electrons. The SMILES string of the molecule is C=Cn1ccnc1C(=NC)N1CCC2(CC1)CN(CCNC(=O)c1ncc(N3CCC(C)C3)cc1Cl)C(=O)N2.c1ccccc1. The molecule has 2 aromatic heterocycles. The van der Waals surface area contributed by atoms with E-state index in [1.807, 2.05) is 53.2 Å². The van der Waals surface area contributed by atoms with Gasteiger partial charge in [0.05, 0.1) is 22.4 Å². The first-order valence-electron chi connectivity index (χ1n) is 15.5. The minimum absolute atomic E-state index is 0.107. The van der Waals surface area contributed by atoms with Crippen molar-refractivity contribution in [3.8, 4) is 0 Å². The first kappa shape index (κ1) is 32.0. The number of anilines is 1. The topological polar surface area (TPSA) is 111 Å². The van der Waals surface area contributed by atoms with E-state index in [0.29, 0.717) is 30.6 Å². The minimum atomic E-state index is -0.340. The van der Waals surface area contributed by atoms with Crippen LogP contribution in [0.25, 0.3) is 6.20 Å². The van der Waals surface area contributed by atoms with Crippen LogP contribution in [-0.4, -0.2) is 101 Å². The Morgan fingerprint density at radius 1 is 1.18 bits per heavy atom. The minimum Gasteiger partial charge on any atom is -0.370 e. The molecule has 1 atom stereocenters. The van der Waals surface area contributed by atoms with Crippen LogP contribution in [0.2, 0.25) is 5.02 Å². The number of aliphatic imine (C=N–C) groups is 1. The summed E-state index contributed by atoms with van der Waals surface area (Å²) in [7, 11) is 1.76. The Kier molecular flexibility index (Phi) is 10.4. The number of amidine groups is 1. The van der Waals surface area contributed by atoms with Crippen molar-refractivity contribution in [1.29, 1.82) is 0 Å². The lowest BCUT2D eigenvalue weighted by Crippen LogP contribution is -2.54. The maximum absolute atomic E-state index is 12.8. The van der Waals surface area contributed by atoms with Crippen molar-refractivity contribution < 1.29 is 9.59 Å². The van der Waals surface area contributed by atoms with Crippen LogP contribution in [0, 0.1) is 5.92 Å². The van der Waals surface area contributed by atoms with Gasteiger partial charge in [-0.15, -0.1) is 0 Å². The summed E-state index contributed by atoms with van der Waals surface area (Å²) >= 11 is 6.41. The van der Waals surface area contributed by atoms with Gasteiger partial charge in [-0.25, -0.2) is 14.8 Å². The van der Waals surface area contributed by atoms with E-state index in [0.717, 1.165) is 62.8 Å². The van der Waals surface area contributed by atoms with Gasteiger partial charge in [0.25, 0.3) is 5.91 Å². The van der Waals surface area contributed by atoms with Gasteiger partial charge < -0.3 is 29.9 Å². The predicted octanol–water partition coefficient (Wildman–Crippen LogP) is 4.23. The van der Waals surface area contributed by atoms with Crippen LogP contribution >= 0.6 is 11.6 Å². The van der Waals surface area contributed by atoms with E-state index in [9.17, 15) is 9.59 Å². The smallest absolute Gasteiger partial charge is 0.318 e. The summed E-state index contributed by atoms with van der Waals surface area (Å²) in [6, 6.07) is 13.7. The number of rotatable bonds is 7. The van der Waals surface area contributed by atoms with Gasteiger partial charge in [0.1, 0.15) is 5.69 Å². The maximum Gasteiger partial charge on any atom is 0.318 e. The highest BCUT2D eigenvalue weighted by molar-refractivity contribution is 6.33. The average Bonchev–Trinajstić information content (AvgIpc) is 3.78. The van der Waals surface area contributed by atoms with Gasteiger partial charge in [-0.1, -0.05) is 61.5 Å². The monoisotopic (exact) mass is 631 g/mol. The number of piperidine rings is 1. The molecule has 5 heterocycles. The lowest BCUT2D eigenvalue weighted by atomic mass is 9.88. The second kappa shape index (κ2) is 14.6. The summed E-state index contributed by atoms with van der Waals surface area (Å²) in [6.07, 6.45) is 9.72. The number of likely N-dealkylation sites (tertiary alicyclic amines) is 1. The molecule has 11 nitrogen and oxygen atoms in total. The summed E-state index contributed by atoms with van der Waals surface area (Å²) in [6.45, 7) is 10.8. The molecular formula is C33H42ClN9O2. The van der Waals surface area contributed by atoms with Gasteiger partial charge in [-0.3, -0.25) is 9.79 Å². The molecule has 0 aliphatic carbocycles. The molecule has 3 amide bonds. The van der Waals surface area contributed by atoms with Crippen molar-refractivity contribution in [2.75, 3.05) is 57.8 Å². The number of nitrogens with one attached hydrogen (secondary N) is 2. The number of hydrogen-bond donors (Lipinski definition) is 2. The fraction of sp³-hybridized carbons (Fsp3) is 0.424. The van der Waals surface area contributed by atoms with Crippen LogP contribution in [0.5, 0.6) is 0 Å². The third kappa shape index (κ3) is 7.65. The van der Waals surface area contributed by atoms with Gasteiger partial charge in [0, 0.05) is 71.5 Å². The van der Waals surface area contributed by atoms with Crippen molar-refractivity contribution in [2.45, 2.75) is 31.7 Å². The molecule has 3 fully saturated rings. The van der Waals surface area contributed by atoms with Crippen molar-refractivity contribution in [2.24, 2.45) is 10.9 Å². The summed E-state index contributed by atoms with van der Waals surface area (Å²) in [4.78, 5) is 45.0. The highest BCUT2D eigenvalue weighted by Gasteiger charge is 2.44. The highest BCUT2D eigenvalue weighted by atomic mass is 35.5. The molecule has 45 heavy (non-hydrogen) atoms. The van der Waals surface area contributed by atoms with E-state index >= 15 is 0 Å². The largest absolute Gasteiger partial charge is 0.370 e. The molecule has 0 radical (unpaired) electrons. The molecule has 12 heteroatoms. The Morgan fingerprint density at radius 2 is 1.89 bits per heavy atom. The van der Waals surface area contributed by atoms with Gasteiger partial charge in [0.2, 0.25) is 0 Å². The van der Waals surface area contributed by atoms with Gasteiger partial charge in [0.15, 0.2) is 11.7 Å². The fourth-order valence-corrected chi connectivity index (χ4v) is 6.37. The highest BCUT2D eigenvalue weighted by Crippen LogP contribution is 2.29. The molecular weight excluding hydrogens is 590 g/mol. The van der Waals surface area contributed by atoms with Crippen LogP contribution in [-0.2, 0) is 0 Å². The lowest BCUT2D eigenvalue weighted by molar-refractivity contribution is 0.0945. The lowest BCUT2D eigenvalue weighted by Gasteiger charge is -2.39. The van der Waals surface area contributed by atoms with Crippen LogP contribution in [0.3, 0.4) is 0 Å². The van der Waals surface area contributed by atoms with E-state index < -0.39 is 0 Å². The zero-order chi connectivity index (χ0) is 31.8. The molecule has 3 saturated heterocycles. The van der Waals surface area contributed by atoms with Crippen molar-refractivity contribution >= 4 is 41.3 Å². The van der Waals surface area contributed by atoms with Crippen LogP contribution in [0.1, 0.15) is 42.5 Å². The Balaban J connectivity index is 0.000000598. The van der Waals surface area contributed by atoms with Crippen LogP contribution < -0.4 is 15.5 Å². The summed E-state index contributed by atoms with van der Waals surface area (Å²) in [5.74, 6) is 1.87. The molecule has 0 saturated carbocycles. The summed E-state index contributed by atoms with van der Waals surface area (Å²) in [5.41, 5.74) is 0.847. The number of amides is 3. The number of nitrogens with zero attached hydrogens (tertiary/aromatic N) is 7. The first-order chi connectivity index (χ1) is 21.8. The molecule has 1 spiro atoms. The number of pyridine rings is 1. The summed E-state index contributed by atoms with van der Waals surface area (Å²) < 4.78 is 1.85. The third-order valence-corrected chi connectivity index (χ3v) is 8.90. The Hall–Kier alpha value is -4.38. The molecule has 3 aliphatic rings. The number of hydrogen-bond acceptors (Lipinski definition) is 6. The number of imidazole rings is 1. The van der Waals surface area contributed by atoms with E-state index in [-0.39, 0.29) is 23.2 Å². The predicted molar refractivity (Wildman–Crippen MR) is 179 cm³/mol. The van der Waals surface area contributed by atoms with Crippen molar-refractivity contribution in [3.05, 3.63) is 84.2 Å².